The number of anilines is 1. The van der Waals surface area contributed by atoms with Gasteiger partial charge >= 0.3 is 0 Å². The van der Waals surface area contributed by atoms with Crippen LogP contribution in [0.25, 0.3) is 0 Å². The van der Waals surface area contributed by atoms with E-state index in [1.807, 2.05) is 6.07 Å². The minimum absolute atomic E-state index is 0.164. The first-order chi connectivity index (χ1) is 10.1. The smallest absolute Gasteiger partial charge is 0.255 e. The molecule has 0 atom stereocenters. The SMILES string of the molecule is CNC(=O)c1ccc(NC(=O)c2cccc(CCl)c2)cc1. The predicted octanol–water partition coefficient (Wildman–Crippen LogP) is 3.04. The maximum atomic E-state index is 12.1. The molecule has 2 amide bonds. The zero-order valence-corrected chi connectivity index (χ0v) is 12.3. The molecule has 108 valence electrons. The molecule has 0 bridgehead atoms. The average Bonchev–Trinajstić information content (AvgIpc) is 2.54. The molecule has 0 heterocycles. The van der Waals surface area contributed by atoms with Crippen molar-refractivity contribution < 1.29 is 9.59 Å². The number of alkyl halides is 1. The molecule has 0 saturated carbocycles. The molecule has 0 spiro atoms. The van der Waals surface area contributed by atoms with Crippen molar-refractivity contribution >= 4 is 29.1 Å². The van der Waals surface area contributed by atoms with Gasteiger partial charge in [0.25, 0.3) is 11.8 Å². The minimum atomic E-state index is -0.213. The maximum Gasteiger partial charge on any atom is 0.255 e. The first-order valence-corrected chi connectivity index (χ1v) is 6.96. The summed E-state index contributed by atoms with van der Waals surface area (Å²) in [4.78, 5) is 23.6. The third-order valence-corrected chi connectivity index (χ3v) is 3.28. The molecule has 0 aliphatic carbocycles. The summed E-state index contributed by atoms with van der Waals surface area (Å²) in [6, 6.07) is 13.8. The van der Waals surface area contributed by atoms with Gasteiger partial charge in [-0.3, -0.25) is 9.59 Å². The van der Waals surface area contributed by atoms with Crippen LogP contribution in [0.4, 0.5) is 5.69 Å². The number of carbonyl (C=O) groups excluding carboxylic acids is 2. The average molecular weight is 303 g/mol. The van der Waals surface area contributed by atoms with Crippen LogP contribution in [-0.2, 0) is 5.88 Å². The van der Waals surface area contributed by atoms with Crippen molar-refractivity contribution in [1.82, 2.24) is 5.32 Å². The molecule has 0 radical (unpaired) electrons. The highest BCUT2D eigenvalue weighted by molar-refractivity contribution is 6.17. The van der Waals surface area contributed by atoms with Gasteiger partial charge in [0.05, 0.1) is 0 Å². The first kappa shape index (κ1) is 15.1. The minimum Gasteiger partial charge on any atom is -0.355 e. The Bertz CT molecular complexity index is 654. The van der Waals surface area contributed by atoms with Gasteiger partial charge in [-0.15, -0.1) is 11.6 Å². The number of nitrogens with one attached hydrogen (secondary N) is 2. The Labute approximate surface area is 128 Å². The Kier molecular flexibility index (Phi) is 4.95. The summed E-state index contributed by atoms with van der Waals surface area (Å²) in [5, 5.41) is 5.32. The number of halogens is 1. The summed E-state index contributed by atoms with van der Waals surface area (Å²) >= 11 is 5.76. The van der Waals surface area contributed by atoms with E-state index >= 15 is 0 Å². The van der Waals surface area contributed by atoms with Crippen LogP contribution in [0.2, 0.25) is 0 Å². The molecule has 0 aromatic heterocycles. The lowest BCUT2D eigenvalue weighted by Crippen LogP contribution is -2.17. The summed E-state index contributed by atoms with van der Waals surface area (Å²) in [7, 11) is 1.57. The van der Waals surface area contributed by atoms with Gasteiger partial charge < -0.3 is 10.6 Å². The van der Waals surface area contributed by atoms with Gasteiger partial charge in [0.15, 0.2) is 0 Å². The van der Waals surface area contributed by atoms with Crippen LogP contribution in [0, 0.1) is 0 Å². The Morgan fingerprint density at radius 2 is 1.71 bits per heavy atom. The molecule has 0 unspecified atom stereocenters. The topological polar surface area (TPSA) is 58.2 Å². The molecule has 0 aliphatic heterocycles. The monoisotopic (exact) mass is 302 g/mol. The molecular formula is C16H15ClN2O2. The number of amides is 2. The number of rotatable bonds is 4. The molecule has 0 saturated heterocycles. The second kappa shape index (κ2) is 6.90. The molecule has 5 heteroatoms. The Hall–Kier alpha value is -2.33. The number of benzene rings is 2. The van der Waals surface area contributed by atoms with E-state index in [9.17, 15) is 9.59 Å². The first-order valence-electron chi connectivity index (χ1n) is 6.42. The van der Waals surface area contributed by atoms with E-state index in [-0.39, 0.29) is 11.8 Å². The number of carbonyl (C=O) groups is 2. The van der Waals surface area contributed by atoms with E-state index in [0.29, 0.717) is 22.7 Å². The molecule has 2 N–H and O–H groups in total. The summed E-state index contributed by atoms with van der Waals surface area (Å²) in [5.41, 5.74) is 2.60. The largest absolute Gasteiger partial charge is 0.355 e. The van der Waals surface area contributed by atoms with E-state index < -0.39 is 0 Å². The van der Waals surface area contributed by atoms with Crippen molar-refractivity contribution in [2.24, 2.45) is 0 Å². The van der Waals surface area contributed by atoms with E-state index in [0.717, 1.165) is 5.56 Å². The molecule has 2 aromatic rings. The zero-order valence-electron chi connectivity index (χ0n) is 11.5. The molecule has 2 aromatic carbocycles. The summed E-state index contributed by atoms with van der Waals surface area (Å²) in [6.45, 7) is 0. The fourth-order valence-corrected chi connectivity index (χ4v) is 2.01. The van der Waals surface area contributed by atoms with E-state index in [1.54, 1.807) is 49.5 Å². The van der Waals surface area contributed by atoms with Gasteiger partial charge in [0.2, 0.25) is 0 Å². The van der Waals surface area contributed by atoms with E-state index in [4.69, 9.17) is 11.6 Å². The van der Waals surface area contributed by atoms with Crippen molar-refractivity contribution in [1.29, 1.82) is 0 Å². The lowest BCUT2D eigenvalue weighted by atomic mass is 10.1. The lowest BCUT2D eigenvalue weighted by Gasteiger charge is -2.07. The van der Waals surface area contributed by atoms with Crippen LogP contribution in [0.3, 0.4) is 0 Å². The van der Waals surface area contributed by atoms with Gasteiger partial charge in [-0.25, -0.2) is 0 Å². The Morgan fingerprint density at radius 3 is 2.33 bits per heavy atom. The highest BCUT2D eigenvalue weighted by Gasteiger charge is 2.08. The van der Waals surface area contributed by atoms with Crippen molar-refractivity contribution in [2.75, 3.05) is 12.4 Å². The Morgan fingerprint density at radius 1 is 1.00 bits per heavy atom. The van der Waals surface area contributed by atoms with E-state index in [1.165, 1.54) is 0 Å². The van der Waals surface area contributed by atoms with Crippen LogP contribution >= 0.6 is 11.6 Å². The second-order valence-corrected chi connectivity index (χ2v) is 4.71. The van der Waals surface area contributed by atoms with Crippen LogP contribution < -0.4 is 10.6 Å². The van der Waals surface area contributed by atoms with Crippen LogP contribution in [0.15, 0.2) is 48.5 Å². The number of hydrogen-bond donors (Lipinski definition) is 2. The van der Waals surface area contributed by atoms with Crippen molar-refractivity contribution in [3.8, 4) is 0 Å². The summed E-state index contributed by atoms with van der Waals surface area (Å²) in [5.74, 6) is -0.0144. The number of hydrogen-bond acceptors (Lipinski definition) is 2. The second-order valence-electron chi connectivity index (χ2n) is 4.44. The van der Waals surface area contributed by atoms with Crippen molar-refractivity contribution in [3.63, 3.8) is 0 Å². The van der Waals surface area contributed by atoms with Crippen molar-refractivity contribution in [3.05, 3.63) is 65.2 Å². The summed E-state index contributed by atoms with van der Waals surface area (Å²) in [6.07, 6.45) is 0. The highest BCUT2D eigenvalue weighted by Crippen LogP contribution is 2.13. The van der Waals surface area contributed by atoms with E-state index in [2.05, 4.69) is 10.6 Å². The molecule has 4 nitrogen and oxygen atoms in total. The quantitative estimate of drug-likeness (QED) is 0.853. The maximum absolute atomic E-state index is 12.1. The lowest BCUT2D eigenvalue weighted by molar-refractivity contribution is 0.0962. The van der Waals surface area contributed by atoms with Gasteiger partial charge in [0, 0.05) is 29.7 Å². The van der Waals surface area contributed by atoms with Crippen LogP contribution in [0.1, 0.15) is 26.3 Å². The molecule has 21 heavy (non-hydrogen) atoms. The fraction of sp³-hybridized carbons (Fsp3) is 0.125. The Balaban J connectivity index is 2.10. The summed E-state index contributed by atoms with van der Waals surface area (Å²) < 4.78 is 0. The predicted molar refractivity (Wildman–Crippen MR) is 83.8 cm³/mol. The van der Waals surface area contributed by atoms with Crippen LogP contribution in [-0.4, -0.2) is 18.9 Å². The van der Waals surface area contributed by atoms with Crippen LogP contribution in [0.5, 0.6) is 0 Å². The van der Waals surface area contributed by atoms with Gasteiger partial charge in [-0.2, -0.15) is 0 Å². The van der Waals surface area contributed by atoms with Gasteiger partial charge in [-0.05, 0) is 42.0 Å². The molecule has 0 aliphatic rings. The fourth-order valence-electron chi connectivity index (χ4n) is 1.85. The molecular weight excluding hydrogens is 288 g/mol. The van der Waals surface area contributed by atoms with Gasteiger partial charge in [0.1, 0.15) is 0 Å². The third kappa shape index (κ3) is 3.83. The molecule has 0 fully saturated rings. The van der Waals surface area contributed by atoms with Gasteiger partial charge in [-0.1, -0.05) is 12.1 Å². The zero-order chi connectivity index (χ0) is 15.2. The third-order valence-electron chi connectivity index (χ3n) is 2.98. The standard InChI is InChI=1S/C16H15ClN2O2/c1-18-15(20)12-5-7-14(8-6-12)19-16(21)13-4-2-3-11(9-13)10-17/h2-9H,10H2,1H3,(H,18,20)(H,19,21). The normalized spacial score (nSPS) is 10.0. The molecule has 2 rings (SSSR count). The van der Waals surface area contributed by atoms with Crippen molar-refractivity contribution in [2.45, 2.75) is 5.88 Å². The highest BCUT2D eigenvalue weighted by atomic mass is 35.5.